The molecule has 0 bridgehead atoms. The summed E-state index contributed by atoms with van der Waals surface area (Å²) in [6, 6.07) is 8.56. The molecule has 0 saturated carbocycles. The number of halogens is 1. The summed E-state index contributed by atoms with van der Waals surface area (Å²) in [5.41, 5.74) is 8.60. The lowest BCUT2D eigenvalue weighted by molar-refractivity contribution is 0.627. The van der Waals surface area contributed by atoms with Crippen LogP contribution < -0.4 is 5.43 Å². The summed E-state index contributed by atoms with van der Waals surface area (Å²) in [5.74, 6) is 0.540. The Bertz CT molecular complexity index is 834. The number of amidine groups is 1. The van der Waals surface area contributed by atoms with Gasteiger partial charge in [-0.15, -0.1) is 6.58 Å². The molecule has 6 heteroatoms. The first-order valence-corrected chi connectivity index (χ1v) is 9.09. The number of hydrazone groups is 1. The third-order valence-corrected chi connectivity index (χ3v) is 5.06. The van der Waals surface area contributed by atoms with E-state index < -0.39 is 0 Å². The smallest absolute Gasteiger partial charge is 0.177 e. The number of aromatic nitrogens is 1. The molecular weight excluding hydrogens is 335 g/mol. The van der Waals surface area contributed by atoms with Crippen LogP contribution in [0.15, 0.2) is 53.1 Å². The molecule has 3 rings (SSSR count). The fourth-order valence-electron chi connectivity index (χ4n) is 2.79. The number of hydrogen-bond donors (Lipinski definition) is 1. The van der Waals surface area contributed by atoms with Gasteiger partial charge in [0.15, 0.2) is 5.17 Å². The van der Waals surface area contributed by atoms with Gasteiger partial charge >= 0.3 is 0 Å². The Morgan fingerprint density at radius 3 is 2.76 bits per heavy atom. The third kappa shape index (κ3) is 4.02. The number of benzene rings is 1. The van der Waals surface area contributed by atoms with Gasteiger partial charge in [0.1, 0.15) is 5.82 Å². The summed E-state index contributed by atoms with van der Waals surface area (Å²) < 4.78 is 15.1. The highest BCUT2D eigenvalue weighted by Gasteiger charge is 2.18. The Labute approximate surface area is 151 Å². The van der Waals surface area contributed by atoms with Crippen molar-refractivity contribution in [3.8, 4) is 0 Å². The average molecular weight is 356 g/mol. The topological polar surface area (TPSA) is 41.7 Å². The fraction of sp³-hybridized carbons (Fsp3) is 0.263. The van der Waals surface area contributed by atoms with Crippen molar-refractivity contribution in [3.63, 3.8) is 0 Å². The van der Waals surface area contributed by atoms with Crippen molar-refractivity contribution in [1.29, 1.82) is 0 Å². The summed E-state index contributed by atoms with van der Waals surface area (Å²) >= 11 is 1.63. The molecule has 130 valence electrons. The molecule has 1 aliphatic rings. The van der Waals surface area contributed by atoms with E-state index in [9.17, 15) is 4.39 Å². The van der Waals surface area contributed by atoms with Gasteiger partial charge in [-0.1, -0.05) is 30.0 Å². The second kappa shape index (κ2) is 7.70. The highest BCUT2D eigenvalue weighted by Crippen LogP contribution is 2.20. The molecule has 0 fully saturated rings. The summed E-state index contributed by atoms with van der Waals surface area (Å²) in [4.78, 5) is 4.51. The van der Waals surface area contributed by atoms with Crippen molar-refractivity contribution in [2.75, 3.05) is 5.75 Å². The minimum absolute atomic E-state index is 0.232. The molecule has 0 atom stereocenters. The highest BCUT2D eigenvalue weighted by atomic mass is 32.2. The lowest BCUT2D eigenvalue weighted by Crippen LogP contribution is -2.25. The summed E-state index contributed by atoms with van der Waals surface area (Å²) in [6.07, 6.45) is 1.90. The van der Waals surface area contributed by atoms with Crippen LogP contribution in [-0.4, -0.2) is 21.2 Å². The van der Waals surface area contributed by atoms with Gasteiger partial charge < -0.3 is 4.57 Å². The molecule has 0 unspecified atom stereocenters. The number of thioether (sulfide) groups is 1. The maximum atomic E-state index is 12.9. The molecule has 1 aromatic heterocycles. The average Bonchev–Trinajstić information content (AvgIpc) is 2.90. The minimum Gasteiger partial charge on any atom is -0.345 e. The van der Waals surface area contributed by atoms with Crippen LogP contribution in [0.3, 0.4) is 0 Å². The maximum absolute atomic E-state index is 12.9. The molecule has 0 radical (unpaired) electrons. The number of allylic oxidation sites excluding steroid dienone is 1. The number of nitrogens with zero attached hydrogens (tertiary/aromatic N) is 3. The minimum atomic E-state index is -0.232. The van der Waals surface area contributed by atoms with Crippen LogP contribution in [-0.2, 0) is 13.1 Å². The number of hydrogen-bond acceptors (Lipinski definition) is 3. The van der Waals surface area contributed by atoms with Gasteiger partial charge in [0.25, 0.3) is 0 Å². The van der Waals surface area contributed by atoms with E-state index in [0.717, 1.165) is 34.3 Å². The standard InChI is InChI=1S/C19H21FN4S/c1-4-9-24-13(2)10-17(14(24)3)18-12-25-19(23-22-18)21-11-15-5-7-16(20)8-6-15/h4-8,10H,1,9,11-12H2,2-3H3,(H,21,23). The Morgan fingerprint density at radius 2 is 2.12 bits per heavy atom. The quantitative estimate of drug-likeness (QED) is 0.822. The van der Waals surface area contributed by atoms with E-state index in [1.54, 1.807) is 23.9 Å². The fourth-order valence-corrected chi connectivity index (χ4v) is 3.55. The molecule has 2 aromatic rings. The van der Waals surface area contributed by atoms with E-state index in [0.29, 0.717) is 6.54 Å². The van der Waals surface area contributed by atoms with E-state index in [-0.39, 0.29) is 5.82 Å². The largest absolute Gasteiger partial charge is 0.345 e. The Balaban J connectivity index is 1.70. The van der Waals surface area contributed by atoms with Crippen molar-refractivity contribution >= 4 is 22.6 Å². The van der Waals surface area contributed by atoms with Crippen LogP contribution in [0.5, 0.6) is 0 Å². The first-order chi connectivity index (χ1) is 12.1. The van der Waals surface area contributed by atoms with Gasteiger partial charge in [-0.3, -0.25) is 10.4 Å². The van der Waals surface area contributed by atoms with E-state index in [1.807, 2.05) is 6.08 Å². The van der Waals surface area contributed by atoms with Gasteiger partial charge in [0, 0.05) is 29.2 Å². The van der Waals surface area contributed by atoms with E-state index in [4.69, 9.17) is 0 Å². The first-order valence-electron chi connectivity index (χ1n) is 8.10. The van der Waals surface area contributed by atoms with Gasteiger partial charge in [0.05, 0.1) is 12.3 Å². The molecule has 0 spiro atoms. The zero-order valence-electron chi connectivity index (χ0n) is 14.4. The molecule has 0 saturated heterocycles. The van der Waals surface area contributed by atoms with Gasteiger partial charge in [-0.2, -0.15) is 5.10 Å². The van der Waals surface area contributed by atoms with Crippen LogP contribution >= 0.6 is 11.8 Å². The van der Waals surface area contributed by atoms with Gasteiger partial charge in [-0.05, 0) is 37.6 Å². The van der Waals surface area contributed by atoms with Gasteiger partial charge in [0.2, 0.25) is 0 Å². The predicted molar refractivity (Wildman–Crippen MR) is 104 cm³/mol. The monoisotopic (exact) mass is 356 g/mol. The van der Waals surface area contributed by atoms with Crippen molar-refractivity contribution in [1.82, 2.24) is 9.99 Å². The molecule has 2 heterocycles. The van der Waals surface area contributed by atoms with Crippen LogP contribution in [0, 0.1) is 19.7 Å². The second-order valence-corrected chi connectivity index (χ2v) is 6.85. The van der Waals surface area contributed by atoms with Crippen molar-refractivity contribution in [2.45, 2.75) is 26.9 Å². The molecular formula is C19H21FN4S. The zero-order valence-corrected chi connectivity index (χ0v) is 15.2. The van der Waals surface area contributed by atoms with E-state index in [2.05, 4.69) is 46.6 Å². The molecule has 1 aromatic carbocycles. The molecule has 0 amide bonds. The number of nitrogens with one attached hydrogen (secondary N) is 1. The SMILES string of the molecule is C=CCn1c(C)cc(C2=NNC(=NCc3ccc(F)cc3)SC2)c1C. The Hall–Kier alpha value is -2.34. The van der Waals surface area contributed by atoms with E-state index in [1.165, 1.54) is 23.5 Å². The lowest BCUT2D eigenvalue weighted by atomic mass is 10.1. The normalized spacial score (nSPS) is 15.8. The van der Waals surface area contributed by atoms with E-state index >= 15 is 0 Å². The lowest BCUT2D eigenvalue weighted by Gasteiger charge is -2.15. The summed E-state index contributed by atoms with van der Waals surface area (Å²) in [5, 5.41) is 5.28. The Morgan fingerprint density at radius 1 is 1.36 bits per heavy atom. The van der Waals surface area contributed by atoms with Crippen LogP contribution in [0.4, 0.5) is 4.39 Å². The van der Waals surface area contributed by atoms with Crippen molar-refractivity contribution in [2.24, 2.45) is 10.1 Å². The van der Waals surface area contributed by atoms with Crippen LogP contribution in [0.25, 0.3) is 0 Å². The van der Waals surface area contributed by atoms with Crippen molar-refractivity contribution < 1.29 is 4.39 Å². The molecule has 1 aliphatic heterocycles. The summed E-state index contributed by atoms with van der Waals surface area (Å²) in [7, 11) is 0. The molecule has 0 aliphatic carbocycles. The second-order valence-electron chi connectivity index (χ2n) is 5.89. The van der Waals surface area contributed by atoms with Crippen LogP contribution in [0.2, 0.25) is 0 Å². The number of rotatable bonds is 5. The third-order valence-electron chi connectivity index (χ3n) is 4.15. The van der Waals surface area contributed by atoms with Crippen LogP contribution in [0.1, 0.15) is 22.5 Å². The highest BCUT2D eigenvalue weighted by molar-refractivity contribution is 8.14. The number of aryl methyl sites for hydroxylation is 1. The summed E-state index contributed by atoms with van der Waals surface area (Å²) in [6.45, 7) is 9.33. The van der Waals surface area contributed by atoms with Crippen molar-refractivity contribution in [3.05, 3.63) is 71.3 Å². The molecule has 1 N–H and O–H groups in total. The zero-order chi connectivity index (χ0) is 17.8. The van der Waals surface area contributed by atoms with Gasteiger partial charge in [-0.25, -0.2) is 4.39 Å². The predicted octanol–water partition coefficient (Wildman–Crippen LogP) is 4.03. The maximum Gasteiger partial charge on any atom is 0.177 e. The number of aliphatic imine (C=N–C) groups is 1. The first kappa shape index (κ1) is 17.5. The Kier molecular flexibility index (Phi) is 5.38. The molecule has 4 nitrogen and oxygen atoms in total. The molecule has 25 heavy (non-hydrogen) atoms.